The van der Waals surface area contributed by atoms with Crippen molar-refractivity contribution in [3.8, 4) is 5.75 Å². The lowest BCUT2D eigenvalue weighted by Crippen LogP contribution is -2.50. The zero-order valence-corrected chi connectivity index (χ0v) is 18.4. The second-order valence-corrected chi connectivity index (χ2v) is 9.57. The summed E-state index contributed by atoms with van der Waals surface area (Å²) in [5.74, 6) is 0.669. The number of thiocarbonyl (C=S) groups is 1. The SMILES string of the molecule is COc1ccc(C2C3=C(CCCC3)NC(=S)N2S(=O)(=O)c2ccc([N+](=O)[O-])cc2)cc1. The van der Waals surface area contributed by atoms with Crippen molar-refractivity contribution in [2.24, 2.45) is 0 Å². The summed E-state index contributed by atoms with van der Waals surface area (Å²) in [4.78, 5) is 10.3. The highest BCUT2D eigenvalue weighted by atomic mass is 32.2. The molecule has 1 N–H and O–H groups in total. The Hall–Kier alpha value is -2.98. The molecule has 162 valence electrons. The van der Waals surface area contributed by atoms with Crippen LogP contribution in [0.15, 0.2) is 64.7 Å². The monoisotopic (exact) mass is 459 g/mol. The number of nitrogens with one attached hydrogen (secondary N) is 1. The molecule has 1 atom stereocenters. The zero-order chi connectivity index (χ0) is 22.2. The maximum Gasteiger partial charge on any atom is 0.269 e. The molecule has 2 aliphatic rings. The van der Waals surface area contributed by atoms with E-state index in [9.17, 15) is 18.5 Å². The first-order valence-electron chi connectivity index (χ1n) is 9.78. The van der Waals surface area contributed by atoms with Gasteiger partial charge in [0, 0.05) is 17.8 Å². The summed E-state index contributed by atoms with van der Waals surface area (Å²) >= 11 is 5.51. The fourth-order valence-corrected chi connectivity index (χ4v) is 6.06. The molecule has 31 heavy (non-hydrogen) atoms. The molecule has 1 unspecified atom stereocenters. The Morgan fingerprint density at radius 3 is 2.35 bits per heavy atom. The lowest BCUT2D eigenvalue weighted by molar-refractivity contribution is -0.384. The summed E-state index contributed by atoms with van der Waals surface area (Å²) in [5, 5.41) is 14.2. The molecule has 0 amide bonds. The first-order valence-corrected chi connectivity index (χ1v) is 11.6. The van der Waals surface area contributed by atoms with Crippen molar-refractivity contribution >= 4 is 33.0 Å². The van der Waals surface area contributed by atoms with Gasteiger partial charge in [-0.05, 0) is 73.3 Å². The van der Waals surface area contributed by atoms with Crippen LogP contribution < -0.4 is 10.1 Å². The number of nitrogens with zero attached hydrogens (tertiary/aromatic N) is 2. The zero-order valence-electron chi connectivity index (χ0n) is 16.8. The van der Waals surface area contributed by atoms with Crippen LogP contribution in [0.1, 0.15) is 37.3 Å². The van der Waals surface area contributed by atoms with E-state index in [4.69, 9.17) is 17.0 Å². The average molecular weight is 460 g/mol. The van der Waals surface area contributed by atoms with Gasteiger partial charge < -0.3 is 10.1 Å². The Morgan fingerprint density at radius 2 is 1.74 bits per heavy atom. The highest BCUT2D eigenvalue weighted by Gasteiger charge is 2.41. The molecule has 8 nitrogen and oxygen atoms in total. The van der Waals surface area contributed by atoms with Crippen LogP contribution in [0.5, 0.6) is 5.75 Å². The molecular formula is C21H21N3O5S2. The van der Waals surface area contributed by atoms with E-state index in [1.807, 2.05) is 12.1 Å². The van der Waals surface area contributed by atoms with Gasteiger partial charge in [-0.25, -0.2) is 12.7 Å². The molecule has 1 heterocycles. The molecule has 0 radical (unpaired) electrons. The number of hydrogen-bond acceptors (Lipinski definition) is 6. The van der Waals surface area contributed by atoms with Crippen LogP contribution in [0, 0.1) is 10.1 Å². The van der Waals surface area contributed by atoms with Crippen molar-refractivity contribution in [3.63, 3.8) is 0 Å². The molecule has 2 aromatic rings. The molecular weight excluding hydrogens is 438 g/mol. The highest BCUT2D eigenvalue weighted by Crippen LogP contribution is 2.43. The minimum absolute atomic E-state index is 0.0550. The predicted molar refractivity (Wildman–Crippen MR) is 119 cm³/mol. The van der Waals surface area contributed by atoms with E-state index in [-0.39, 0.29) is 15.7 Å². The van der Waals surface area contributed by atoms with Crippen LogP contribution in [-0.4, -0.2) is 29.9 Å². The van der Waals surface area contributed by atoms with Crippen molar-refractivity contribution < 1.29 is 18.1 Å². The fraction of sp³-hybridized carbons (Fsp3) is 0.286. The number of ether oxygens (including phenoxy) is 1. The number of nitro groups is 1. The van der Waals surface area contributed by atoms with Crippen LogP contribution in [0.4, 0.5) is 5.69 Å². The number of sulfonamides is 1. The van der Waals surface area contributed by atoms with Gasteiger partial charge in [-0.3, -0.25) is 10.1 Å². The van der Waals surface area contributed by atoms with Gasteiger partial charge >= 0.3 is 0 Å². The highest BCUT2D eigenvalue weighted by molar-refractivity contribution is 7.91. The third kappa shape index (κ3) is 3.88. The van der Waals surface area contributed by atoms with Gasteiger partial charge in [0.1, 0.15) is 5.75 Å². The fourth-order valence-electron chi connectivity index (χ4n) is 4.04. The van der Waals surface area contributed by atoms with Crippen LogP contribution in [-0.2, 0) is 10.0 Å². The third-order valence-corrected chi connectivity index (χ3v) is 7.76. The molecule has 10 heteroatoms. The van der Waals surface area contributed by atoms with E-state index in [2.05, 4.69) is 5.32 Å². The molecule has 4 rings (SSSR count). The Morgan fingerprint density at radius 1 is 1.10 bits per heavy atom. The summed E-state index contributed by atoms with van der Waals surface area (Å²) in [6, 6.07) is 11.5. The topological polar surface area (TPSA) is 102 Å². The smallest absolute Gasteiger partial charge is 0.269 e. The number of hydrogen-bond donors (Lipinski definition) is 1. The van der Waals surface area contributed by atoms with E-state index in [0.29, 0.717) is 5.75 Å². The summed E-state index contributed by atoms with van der Waals surface area (Å²) in [6.45, 7) is 0. The van der Waals surface area contributed by atoms with E-state index in [1.165, 1.54) is 28.6 Å². The first kappa shape index (κ1) is 21.3. The summed E-state index contributed by atoms with van der Waals surface area (Å²) < 4.78 is 33.7. The second-order valence-electron chi connectivity index (χ2n) is 7.37. The van der Waals surface area contributed by atoms with Crippen molar-refractivity contribution in [2.75, 3.05) is 7.11 Å². The number of methoxy groups -OCH3 is 1. The number of rotatable bonds is 5. The van der Waals surface area contributed by atoms with E-state index in [1.54, 1.807) is 19.2 Å². The van der Waals surface area contributed by atoms with Gasteiger partial charge in [-0.15, -0.1) is 0 Å². The maximum absolute atomic E-state index is 13.6. The van der Waals surface area contributed by atoms with Gasteiger partial charge in [0.25, 0.3) is 15.7 Å². The van der Waals surface area contributed by atoms with Gasteiger partial charge in [0.2, 0.25) is 0 Å². The number of allylic oxidation sites excluding steroid dienone is 1. The van der Waals surface area contributed by atoms with Gasteiger partial charge in [0.15, 0.2) is 5.11 Å². The Bertz CT molecular complexity index is 1160. The van der Waals surface area contributed by atoms with Crippen molar-refractivity contribution in [2.45, 2.75) is 36.6 Å². The second kappa shape index (κ2) is 8.27. The number of benzene rings is 2. The third-order valence-electron chi connectivity index (χ3n) is 5.57. The van der Waals surface area contributed by atoms with E-state index >= 15 is 0 Å². The average Bonchev–Trinajstić information content (AvgIpc) is 2.78. The molecule has 1 aliphatic carbocycles. The van der Waals surface area contributed by atoms with E-state index < -0.39 is 21.0 Å². The Kier molecular flexibility index (Phi) is 5.67. The molecule has 0 aromatic heterocycles. The standard InChI is InChI=1S/C21H21N3O5S2/c1-29-16-10-6-14(7-11-16)20-18-4-2-3-5-19(18)22-21(30)23(20)31(27,28)17-12-8-15(9-13-17)24(25)26/h6-13,20H,2-5H2,1H3,(H,22,30). The number of non-ortho nitro benzene ring substituents is 1. The normalized spacial score (nSPS) is 18.9. The molecule has 0 fully saturated rings. The van der Waals surface area contributed by atoms with Crippen molar-refractivity contribution in [1.82, 2.24) is 9.62 Å². The van der Waals surface area contributed by atoms with Crippen molar-refractivity contribution in [3.05, 3.63) is 75.5 Å². The minimum atomic E-state index is -4.08. The van der Waals surface area contributed by atoms with Gasteiger partial charge in [-0.2, -0.15) is 0 Å². The predicted octanol–water partition coefficient (Wildman–Crippen LogP) is 4.05. The maximum atomic E-state index is 13.6. The summed E-state index contributed by atoms with van der Waals surface area (Å²) in [5.41, 5.74) is 2.58. The molecule has 0 saturated heterocycles. The molecule has 0 spiro atoms. The van der Waals surface area contributed by atoms with Crippen LogP contribution in [0.3, 0.4) is 0 Å². The van der Waals surface area contributed by atoms with Crippen molar-refractivity contribution in [1.29, 1.82) is 0 Å². The lowest BCUT2D eigenvalue weighted by atomic mass is 9.86. The molecule has 2 aromatic carbocycles. The van der Waals surface area contributed by atoms with Gasteiger partial charge in [0.05, 0.1) is 23.0 Å². The Balaban J connectivity index is 1.83. The summed E-state index contributed by atoms with van der Waals surface area (Å²) in [7, 11) is -2.50. The van der Waals surface area contributed by atoms with Crippen LogP contribution in [0.25, 0.3) is 0 Å². The largest absolute Gasteiger partial charge is 0.497 e. The van der Waals surface area contributed by atoms with Gasteiger partial charge in [-0.1, -0.05) is 12.1 Å². The number of nitro benzene ring substituents is 1. The quantitative estimate of drug-likeness (QED) is 0.409. The van der Waals surface area contributed by atoms with Crippen LogP contribution >= 0.6 is 12.2 Å². The van der Waals surface area contributed by atoms with Crippen LogP contribution in [0.2, 0.25) is 0 Å². The molecule has 0 bridgehead atoms. The molecule has 1 aliphatic heterocycles. The molecule has 0 saturated carbocycles. The lowest BCUT2D eigenvalue weighted by Gasteiger charge is -2.42. The van der Waals surface area contributed by atoms with E-state index in [0.717, 1.165) is 42.5 Å². The Labute approximate surface area is 185 Å². The summed E-state index contributed by atoms with van der Waals surface area (Å²) in [6.07, 6.45) is 3.55. The minimum Gasteiger partial charge on any atom is -0.497 e. The first-order chi connectivity index (χ1) is 14.8.